The van der Waals surface area contributed by atoms with Crippen molar-refractivity contribution in [3.63, 3.8) is 0 Å². The minimum atomic E-state index is -3.75. The van der Waals surface area contributed by atoms with Crippen molar-refractivity contribution in [2.45, 2.75) is 10.8 Å². The van der Waals surface area contributed by atoms with Gasteiger partial charge in [-0.2, -0.15) is 4.98 Å². The van der Waals surface area contributed by atoms with Crippen LogP contribution in [0, 0.1) is 5.82 Å². The standard InChI is InChI=1S/C20H16FN3O4S2/c1-27-17-8-3-2-5-14(17)11-22-30(25,26)18-10-15(12-29-18)20-23-19(24-28-20)13-6-4-7-16(21)9-13/h2-10,12,22H,11H2,1H3. The molecule has 0 saturated heterocycles. The van der Waals surface area contributed by atoms with Crippen molar-refractivity contribution in [1.82, 2.24) is 14.9 Å². The van der Waals surface area contributed by atoms with Gasteiger partial charge >= 0.3 is 0 Å². The molecule has 0 atom stereocenters. The van der Waals surface area contributed by atoms with Gasteiger partial charge in [0.15, 0.2) is 0 Å². The first-order valence-corrected chi connectivity index (χ1v) is 11.1. The van der Waals surface area contributed by atoms with E-state index in [1.165, 1.54) is 25.3 Å². The Kier molecular flexibility index (Phi) is 5.62. The van der Waals surface area contributed by atoms with Gasteiger partial charge in [0.2, 0.25) is 15.8 Å². The number of halogens is 1. The highest BCUT2D eigenvalue weighted by atomic mass is 32.2. The molecule has 1 N–H and O–H groups in total. The number of benzene rings is 2. The van der Waals surface area contributed by atoms with Gasteiger partial charge < -0.3 is 9.26 Å². The molecule has 2 aromatic heterocycles. The van der Waals surface area contributed by atoms with E-state index >= 15 is 0 Å². The molecule has 10 heteroatoms. The first-order chi connectivity index (χ1) is 14.5. The van der Waals surface area contributed by atoms with E-state index in [9.17, 15) is 12.8 Å². The molecule has 0 amide bonds. The van der Waals surface area contributed by atoms with Gasteiger partial charge in [-0.3, -0.25) is 0 Å². The van der Waals surface area contributed by atoms with E-state index in [1.807, 2.05) is 6.07 Å². The number of methoxy groups -OCH3 is 1. The molecule has 0 spiro atoms. The van der Waals surface area contributed by atoms with E-state index in [4.69, 9.17) is 9.26 Å². The van der Waals surface area contributed by atoms with Crippen LogP contribution in [0.3, 0.4) is 0 Å². The van der Waals surface area contributed by atoms with Crippen molar-refractivity contribution in [2.24, 2.45) is 0 Å². The monoisotopic (exact) mass is 445 g/mol. The Balaban J connectivity index is 1.52. The quantitative estimate of drug-likeness (QED) is 0.460. The molecule has 2 heterocycles. The predicted octanol–water partition coefficient (Wildman–Crippen LogP) is 4.09. The molecule has 2 aromatic carbocycles. The van der Waals surface area contributed by atoms with Gasteiger partial charge in [-0.25, -0.2) is 17.5 Å². The predicted molar refractivity (Wildman–Crippen MR) is 110 cm³/mol. The lowest BCUT2D eigenvalue weighted by molar-refractivity contribution is 0.409. The van der Waals surface area contributed by atoms with Crippen molar-refractivity contribution >= 4 is 21.4 Å². The molecule has 0 unspecified atom stereocenters. The van der Waals surface area contributed by atoms with Crippen LogP contribution in [-0.2, 0) is 16.6 Å². The number of para-hydroxylation sites is 1. The summed E-state index contributed by atoms with van der Waals surface area (Å²) in [4.78, 5) is 4.23. The van der Waals surface area contributed by atoms with Crippen molar-refractivity contribution in [1.29, 1.82) is 0 Å². The van der Waals surface area contributed by atoms with Crippen LogP contribution in [0.1, 0.15) is 5.56 Å². The average molecular weight is 445 g/mol. The Morgan fingerprint density at radius 3 is 2.77 bits per heavy atom. The second kappa shape index (κ2) is 8.34. The zero-order valence-electron chi connectivity index (χ0n) is 15.7. The lowest BCUT2D eigenvalue weighted by Crippen LogP contribution is -2.22. The summed E-state index contributed by atoms with van der Waals surface area (Å²) in [5.74, 6) is 0.554. The third kappa shape index (κ3) is 4.25. The molecule has 30 heavy (non-hydrogen) atoms. The molecule has 0 saturated carbocycles. The second-order valence-corrected chi connectivity index (χ2v) is 9.13. The minimum absolute atomic E-state index is 0.0872. The summed E-state index contributed by atoms with van der Waals surface area (Å²) < 4.78 is 51.9. The molecule has 4 rings (SSSR count). The maximum absolute atomic E-state index is 13.4. The van der Waals surface area contributed by atoms with Crippen LogP contribution in [0.25, 0.3) is 22.8 Å². The zero-order valence-corrected chi connectivity index (χ0v) is 17.3. The number of nitrogens with zero attached hydrogens (tertiary/aromatic N) is 2. The number of nitrogens with one attached hydrogen (secondary N) is 1. The zero-order chi connectivity index (χ0) is 21.1. The van der Waals surface area contributed by atoms with Gasteiger partial charge in [-0.15, -0.1) is 11.3 Å². The highest BCUT2D eigenvalue weighted by molar-refractivity contribution is 7.91. The SMILES string of the molecule is COc1ccccc1CNS(=O)(=O)c1cc(-c2nc(-c3cccc(F)c3)no2)cs1. The number of ether oxygens (including phenoxy) is 1. The molecule has 0 aliphatic rings. The largest absolute Gasteiger partial charge is 0.496 e. The van der Waals surface area contributed by atoms with Gasteiger partial charge in [-0.1, -0.05) is 35.5 Å². The summed E-state index contributed by atoms with van der Waals surface area (Å²) in [5.41, 5.74) is 1.65. The van der Waals surface area contributed by atoms with Crippen LogP contribution >= 0.6 is 11.3 Å². The number of aromatic nitrogens is 2. The van der Waals surface area contributed by atoms with E-state index in [-0.39, 0.29) is 22.5 Å². The van der Waals surface area contributed by atoms with Gasteiger partial charge in [0.1, 0.15) is 15.8 Å². The number of rotatable bonds is 7. The van der Waals surface area contributed by atoms with E-state index in [0.717, 1.165) is 16.9 Å². The van der Waals surface area contributed by atoms with E-state index in [2.05, 4.69) is 14.9 Å². The third-order valence-corrected chi connectivity index (χ3v) is 7.08. The Morgan fingerprint density at radius 2 is 1.97 bits per heavy atom. The lowest BCUT2D eigenvalue weighted by Gasteiger charge is -2.09. The topological polar surface area (TPSA) is 94.3 Å². The van der Waals surface area contributed by atoms with E-state index in [1.54, 1.807) is 35.7 Å². The molecule has 0 aliphatic carbocycles. The summed E-state index contributed by atoms with van der Waals surface area (Å²) in [6.07, 6.45) is 0. The van der Waals surface area contributed by atoms with Crippen LogP contribution in [0.15, 0.2) is 68.7 Å². The number of hydrogen-bond acceptors (Lipinski definition) is 7. The van der Waals surface area contributed by atoms with Crippen LogP contribution in [0.4, 0.5) is 4.39 Å². The maximum atomic E-state index is 13.4. The van der Waals surface area contributed by atoms with Gasteiger partial charge in [0.05, 0.1) is 12.7 Å². The maximum Gasteiger partial charge on any atom is 0.259 e. The van der Waals surface area contributed by atoms with Crippen LogP contribution in [0.5, 0.6) is 5.75 Å². The first-order valence-electron chi connectivity index (χ1n) is 8.76. The Morgan fingerprint density at radius 1 is 1.13 bits per heavy atom. The minimum Gasteiger partial charge on any atom is -0.496 e. The molecular weight excluding hydrogens is 429 g/mol. The molecule has 154 valence electrons. The average Bonchev–Trinajstić information content (AvgIpc) is 3.42. The summed E-state index contributed by atoms with van der Waals surface area (Å²) >= 11 is 1.03. The van der Waals surface area contributed by atoms with Crippen molar-refractivity contribution < 1.29 is 22.1 Å². The summed E-state index contributed by atoms with van der Waals surface area (Å²) in [6, 6.07) is 14.4. The normalized spacial score (nSPS) is 11.5. The highest BCUT2D eigenvalue weighted by Crippen LogP contribution is 2.29. The number of hydrogen-bond donors (Lipinski definition) is 1. The van der Waals surface area contributed by atoms with Crippen LogP contribution in [0.2, 0.25) is 0 Å². The fraction of sp³-hybridized carbons (Fsp3) is 0.100. The smallest absolute Gasteiger partial charge is 0.259 e. The Labute approximate surface area is 176 Å². The molecular formula is C20H16FN3O4S2. The molecule has 0 radical (unpaired) electrons. The van der Waals surface area contributed by atoms with Gasteiger partial charge in [0, 0.05) is 23.1 Å². The van der Waals surface area contributed by atoms with E-state index < -0.39 is 15.8 Å². The molecule has 0 bridgehead atoms. The first kappa shape index (κ1) is 20.2. The fourth-order valence-electron chi connectivity index (χ4n) is 2.75. The number of thiophene rings is 1. The highest BCUT2D eigenvalue weighted by Gasteiger charge is 2.20. The summed E-state index contributed by atoms with van der Waals surface area (Å²) in [7, 11) is -2.22. The van der Waals surface area contributed by atoms with Crippen molar-refractivity contribution in [2.75, 3.05) is 7.11 Å². The third-order valence-electron chi connectivity index (χ3n) is 4.24. The van der Waals surface area contributed by atoms with Crippen molar-refractivity contribution in [3.05, 3.63) is 71.4 Å². The molecule has 0 fully saturated rings. The molecule has 7 nitrogen and oxygen atoms in total. The molecule has 4 aromatic rings. The number of sulfonamides is 1. The van der Waals surface area contributed by atoms with Crippen molar-refractivity contribution in [3.8, 4) is 28.6 Å². The summed E-state index contributed by atoms with van der Waals surface area (Å²) in [6.45, 7) is 0.0872. The fourth-order valence-corrected chi connectivity index (χ4v) is 4.95. The van der Waals surface area contributed by atoms with Crippen LogP contribution in [-0.4, -0.2) is 25.7 Å². The summed E-state index contributed by atoms with van der Waals surface area (Å²) in [5, 5.41) is 5.45. The second-order valence-electron chi connectivity index (χ2n) is 6.22. The van der Waals surface area contributed by atoms with E-state index in [0.29, 0.717) is 16.9 Å². The van der Waals surface area contributed by atoms with Crippen LogP contribution < -0.4 is 9.46 Å². The Hall–Kier alpha value is -3.08. The molecule has 0 aliphatic heterocycles. The van der Waals surface area contributed by atoms with Gasteiger partial charge in [-0.05, 0) is 24.3 Å². The lowest BCUT2D eigenvalue weighted by atomic mass is 10.2. The Bertz CT molecular complexity index is 1280. The van der Waals surface area contributed by atoms with Gasteiger partial charge in [0.25, 0.3) is 5.89 Å².